The molecule has 4 nitrogen and oxygen atoms in total. The van der Waals surface area contributed by atoms with Gasteiger partial charge in [0, 0.05) is 18.2 Å². The maximum absolute atomic E-state index is 9.11. The molecule has 21 heavy (non-hydrogen) atoms. The van der Waals surface area contributed by atoms with Crippen LogP contribution in [-0.2, 0) is 6.54 Å². The Balaban J connectivity index is 2.06. The standard InChI is InChI=1S/C17H20N2O2/c1-11-7-16(13(3)21-11)12(2)19-10-14-5-6-17(20-4)15(8-14)9-18/h5-8,12,19H,10H2,1-4H3. The van der Waals surface area contributed by atoms with Crippen LogP contribution in [-0.4, -0.2) is 7.11 Å². The molecule has 1 unspecified atom stereocenters. The molecule has 0 fully saturated rings. The molecule has 0 spiro atoms. The van der Waals surface area contributed by atoms with E-state index in [2.05, 4.69) is 24.4 Å². The Kier molecular flexibility index (Phi) is 4.66. The zero-order valence-electron chi connectivity index (χ0n) is 12.9. The highest BCUT2D eigenvalue weighted by atomic mass is 16.5. The summed E-state index contributed by atoms with van der Waals surface area (Å²) in [6, 6.07) is 10.0. The molecular weight excluding hydrogens is 264 g/mol. The molecule has 0 bridgehead atoms. The van der Waals surface area contributed by atoms with Crippen molar-refractivity contribution >= 4 is 0 Å². The molecule has 0 saturated heterocycles. The van der Waals surface area contributed by atoms with Crippen molar-refractivity contribution in [3.63, 3.8) is 0 Å². The van der Waals surface area contributed by atoms with Crippen LogP contribution in [0.4, 0.5) is 0 Å². The molecule has 0 aliphatic rings. The summed E-state index contributed by atoms with van der Waals surface area (Å²) >= 11 is 0. The van der Waals surface area contributed by atoms with E-state index in [1.54, 1.807) is 7.11 Å². The molecule has 1 atom stereocenters. The van der Waals surface area contributed by atoms with Gasteiger partial charge in [-0.1, -0.05) is 6.07 Å². The minimum atomic E-state index is 0.190. The first-order chi connectivity index (χ1) is 10.0. The molecule has 1 heterocycles. The number of rotatable bonds is 5. The van der Waals surface area contributed by atoms with Gasteiger partial charge in [0.15, 0.2) is 0 Å². The van der Waals surface area contributed by atoms with E-state index < -0.39 is 0 Å². The Hall–Kier alpha value is -2.25. The summed E-state index contributed by atoms with van der Waals surface area (Å²) in [6.45, 7) is 6.71. The van der Waals surface area contributed by atoms with Crippen molar-refractivity contribution in [2.45, 2.75) is 33.4 Å². The van der Waals surface area contributed by atoms with Crippen LogP contribution in [0.15, 0.2) is 28.7 Å². The van der Waals surface area contributed by atoms with Crippen LogP contribution in [0.2, 0.25) is 0 Å². The molecule has 4 heteroatoms. The highest BCUT2D eigenvalue weighted by Gasteiger charge is 2.12. The van der Waals surface area contributed by atoms with E-state index in [0.29, 0.717) is 17.9 Å². The second-order valence-corrected chi connectivity index (χ2v) is 5.12. The fourth-order valence-electron chi connectivity index (χ4n) is 2.41. The summed E-state index contributed by atoms with van der Waals surface area (Å²) in [7, 11) is 1.57. The van der Waals surface area contributed by atoms with Crippen LogP contribution < -0.4 is 10.1 Å². The molecule has 0 radical (unpaired) electrons. The number of hydrogen-bond acceptors (Lipinski definition) is 4. The van der Waals surface area contributed by atoms with Gasteiger partial charge in [-0.25, -0.2) is 0 Å². The molecule has 0 aliphatic carbocycles. The second-order valence-electron chi connectivity index (χ2n) is 5.12. The molecule has 0 aliphatic heterocycles. The number of hydrogen-bond donors (Lipinski definition) is 1. The lowest BCUT2D eigenvalue weighted by molar-refractivity contribution is 0.413. The Bertz CT molecular complexity index is 668. The van der Waals surface area contributed by atoms with Gasteiger partial charge in [-0.05, 0) is 44.5 Å². The molecular formula is C17H20N2O2. The highest BCUT2D eigenvalue weighted by molar-refractivity contribution is 5.45. The molecule has 0 saturated carbocycles. The molecule has 2 aromatic rings. The van der Waals surface area contributed by atoms with Crippen LogP contribution in [0.5, 0.6) is 5.75 Å². The maximum atomic E-state index is 9.11. The topological polar surface area (TPSA) is 58.2 Å². The maximum Gasteiger partial charge on any atom is 0.136 e. The fraction of sp³-hybridized carbons (Fsp3) is 0.353. The number of aryl methyl sites for hydroxylation is 2. The van der Waals surface area contributed by atoms with Crippen LogP contribution in [0, 0.1) is 25.2 Å². The van der Waals surface area contributed by atoms with E-state index in [0.717, 1.165) is 17.1 Å². The first-order valence-electron chi connectivity index (χ1n) is 6.92. The van der Waals surface area contributed by atoms with Gasteiger partial charge in [-0.2, -0.15) is 5.26 Å². The molecule has 2 rings (SSSR count). The minimum absolute atomic E-state index is 0.190. The van der Waals surface area contributed by atoms with E-state index in [-0.39, 0.29) is 6.04 Å². The van der Waals surface area contributed by atoms with Crippen LogP contribution >= 0.6 is 0 Å². The van der Waals surface area contributed by atoms with E-state index in [4.69, 9.17) is 14.4 Å². The first kappa shape index (κ1) is 15.1. The molecule has 110 valence electrons. The zero-order valence-corrected chi connectivity index (χ0v) is 12.9. The Labute approximate surface area is 125 Å². The Morgan fingerprint density at radius 3 is 2.67 bits per heavy atom. The number of furan rings is 1. The van der Waals surface area contributed by atoms with Gasteiger partial charge in [0.05, 0.1) is 12.7 Å². The van der Waals surface area contributed by atoms with E-state index in [1.165, 1.54) is 5.56 Å². The summed E-state index contributed by atoms with van der Waals surface area (Å²) in [5, 5.41) is 12.6. The lowest BCUT2D eigenvalue weighted by Crippen LogP contribution is -2.18. The van der Waals surface area contributed by atoms with Gasteiger partial charge < -0.3 is 14.5 Å². The van der Waals surface area contributed by atoms with E-state index in [1.807, 2.05) is 32.0 Å². The van der Waals surface area contributed by atoms with Crippen molar-refractivity contribution in [1.29, 1.82) is 5.26 Å². The number of ether oxygens (including phenoxy) is 1. The lowest BCUT2D eigenvalue weighted by Gasteiger charge is -2.14. The number of nitrogens with one attached hydrogen (secondary N) is 1. The van der Waals surface area contributed by atoms with Crippen molar-refractivity contribution in [3.8, 4) is 11.8 Å². The Morgan fingerprint density at radius 2 is 2.10 bits per heavy atom. The van der Waals surface area contributed by atoms with E-state index in [9.17, 15) is 0 Å². The largest absolute Gasteiger partial charge is 0.495 e. The van der Waals surface area contributed by atoms with Crippen molar-refractivity contribution in [1.82, 2.24) is 5.32 Å². The van der Waals surface area contributed by atoms with Crippen molar-refractivity contribution in [2.75, 3.05) is 7.11 Å². The fourth-order valence-corrected chi connectivity index (χ4v) is 2.41. The van der Waals surface area contributed by atoms with Crippen molar-refractivity contribution in [2.24, 2.45) is 0 Å². The molecule has 1 aromatic heterocycles. The average Bonchev–Trinajstić information content (AvgIpc) is 2.83. The summed E-state index contributed by atoms with van der Waals surface area (Å²) in [5.41, 5.74) is 2.78. The molecule has 1 aromatic carbocycles. The Morgan fingerprint density at radius 1 is 1.33 bits per heavy atom. The monoisotopic (exact) mass is 284 g/mol. The van der Waals surface area contributed by atoms with Crippen LogP contribution in [0.3, 0.4) is 0 Å². The number of benzene rings is 1. The third-order valence-electron chi connectivity index (χ3n) is 3.54. The smallest absolute Gasteiger partial charge is 0.136 e. The van der Waals surface area contributed by atoms with Crippen molar-refractivity contribution < 1.29 is 9.15 Å². The summed E-state index contributed by atoms with van der Waals surface area (Å²) < 4.78 is 10.7. The van der Waals surface area contributed by atoms with Crippen LogP contribution in [0.1, 0.15) is 41.2 Å². The van der Waals surface area contributed by atoms with Gasteiger partial charge in [-0.15, -0.1) is 0 Å². The van der Waals surface area contributed by atoms with E-state index >= 15 is 0 Å². The second kappa shape index (κ2) is 6.47. The van der Waals surface area contributed by atoms with Crippen LogP contribution in [0.25, 0.3) is 0 Å². The predicted octanol–water partition coefficient (Wildman–Crippen LogP) is 3.63. The average molecular weight is 284 g/mol. The van der Waals surface area contributed by atoms with Gasteiger partial charge in [0.25, 0.3) is 0 Å². The lowest BCUT2D eigenvalue weighted by atomic mass is 10.1. The normalized spacial score (nSPS) is 12.0. The third-order valence-corrected chi connectivity index (χ3v) is 3.54. The SMILES string of the molecule is COc1ccc(CNC(C)c2cc(C)oc2C)cc1C#N. The summed E-state index contributed by atoms with van der Waals surface area (Å²) in [4.78, 5) is 0. The molecule has 0 amide bonds. The third kappa shape index (κ3) is 3.45. The zero-order chi connectivity index (χ0) is 15.4. The summed E-state index contributed by atoms with van der Waals surface area (Å²) in [5.74, 6) is 2.47. The van der Waals surface area contributed by atoms with Gasteiger partial charge in [0.2, 0.25) is 0 Å². The van der Waals surface area contributed by atoms with Gasteiger partial charge in [0.1, 0.15) is 23.3 Å². The quantitative estimate of drug-likeness (QED) is 0.911. The first-order valence-corrected chi connectivity index (χ1v) is 6.92. The number of nitriles is 1. The summed E-state index contributed by atoms with van der Waals surface area (Å²) in [6.07, 6.45) is 0. The van der Waals surface area contributed by atoms with Gasteiger partial charge in [-0.3, -0.25) is 0 Å². The predicted molar refractivity (Wildman–Crippen MR) is 81.1 cm³/mol. The van der Waals surface area contributed by atoms with Gasteiger partial charge >= 0.3 is 0 Å². The molecule has 1 N–H and O–H groups in total. The minimum Gasteiger partial charge on any atom is -0.495 e. The number of nitrogens with zero attached hydrogens (tertiary/aromatic N) is 1. The number of methoxy groups -OCH3 is 1. The highest BCUT2D eigenvalue weighted by Crippen LogP contribution is 2.22. The van der Waals surface area contributed by atoms with Crippen molar-refractivity contribution in [3.05, 3.63) is 52.5 Å².